The smallest absolute Gasteiger partial charge is 0.261 e. The molecule has 0 bridgehead atoms. The number of fused-ring (bicyclic) bond motifs is 2. The topological polar surface area (TPSA) is 96.2 Å². The molecule has 1 aromatic carbocycles. The molecule has 0 fully saturated rings. The van der Waals surface area contributed by atoms with Crippen molar-refractivity contribution in [3.63, 3.8) is 0 Å². The molecule has 0 atom stereocenters. The van der Waals surface area contributed by atoms with E-state index in [-0.39, 0.29) is 17.9 Å². The molecule has 0 amide bonds. The van der Waals surface area contributed by atoms with Gasteiger partial charge in [-0.15, -0.1) is 11.3 Å². The predicted octanol–water partition coefficient (Wildman–Crippen LogP) is 3.86. The molecule has 0 saturated heterocycles. The number of methoxy groups -OCH3 is 2. The minimum Gasteiger partial charge on any atom is -0.493 e. The summed E-state index contributed by atoms with van der Waals surface area (Å²) < 4.78 is 12.1. The number of ether oxygens (including phenoxy) is 2. The highest BCUT2D eigenvalue weighted by molar-refractivity contribution is 7.98. The number of aryl methyl sites for hydroxylation is 1. The largest absolute Gasteiger partial charge is 0.493 e. The summed E-state index contributed by atoms with van der Waals surface area (Å²) >= 11 is 3.12. The third-order valence-corrected chi connectivity index (χ3v) is 7.14. The van der Waals surface area contributed by atoms with E-state index in [9.17, 15) is 9.59 Å². The fraction of sp³-hybridized carbons (Fsp3) is 0.318. The van der Waals surface area contributed by atoms with Gasteiger partial charge in [0.1, 0.15) is 27.8 Å². The minimum absolute atomic E-state index is 0.0520. The summed E-state index contributed by atoms with van der Waals surface area (Å²) in [5, 5.41) is 2.18. The van der Waals surface area contributed by atoms with E-state index in [1.165, 1.54) is 42.3 Å². The van der Waals surface area contributed by atoms with Crippen molar-refractivity contribution >= 4 is 50.0 Å². The number of hydrogen-bond acceptors (Lipinski definition) is 9. The number of thiophene rings is 1. The third-order valence-electron chi connectivity index (χ3n) is 4.95. The van der Waals surface area contributed by atoms with Gasteiger partial charge in [0.2, 0.25) is 0 Å². The van der Waals surface area contributed by atoms with Crippen LogP contribution in [0.1, 0.15) is 24.5 Å². The van der Waals surface area contributed by atoms with Gasteiger partial charge in [-0.1, -0.05) is 18.7 Å². The number of carbonyl (C=O) groups excluding carboxylic acids is 1. The molecule has 32 heavy (non-hydrogen) atoms. The summed E-state index contributed by atoms with van der Waals surface area (Å²) in [6.45, 7) is 3.51. The molecule has 8 nitrogen and oxygen atoms in total. The first kappa shape index (κ1) is 22.2. The van der Waals surface area contributed by atoms with Gasteiger partial charge in [-0.2, -0.15) is 0 Å². The third kappa shape index (κ3) is 4.20. The number of ketones is 1. The monoisotopic (exact) mass is 470 g/mol. The Kier molecular flexibility index (Phi) is 6.43. The summed E-state index contributed by atoms with van der Waals surface area (Å²) in [5.74, 6) is 1.65. The molecule has 4 rings (SSSR count). The number of benzene rings is 1. The maximum atomic E-state index is 13.3. The molecule has 0 aliphatic rings. The lowest BCUT2D eigenvalue weighted by molar-refractivity contribution is -0.117. The zero-order valence-electron chi connectivity index (χ0n) is 18.2. The summed E-state index contributed by atoms with van der Waals surface area (Å²) in [5.41, 5.74) is 0.193. The number of thioether (sulfide) groups is 1. The van der Waals surface area contributed by atoms with Crippen LogP contribution in [0.3, 0.4) is 0 Å². The van der Waals surface area contributed by atoms with Crippen LogP contribution in [0.4, 0.5) is 0 Å². The lowest BCUT2D eigenvalue weighted by atomic mass is 10.2. The Morgan fingerprint density at radius 1 is 1.12 bits per heavy atom. The maximum Gasteiger partial charge on any atom is 0.261 e. The lowest BCUT2D eigenvalue weighted by Gasteiger charge is -2.14. The molecule has 3 aromatic heterocycles. The minimum atomic E-state index is -0.293. The normalized spacial score (nSPS) is 11.2. The van der Waals surface area contributed by atoms with Crippen molar-refractivity contribution < 1.29 is 14.3 Å². The van der Waals surface area contributed by atoms with Crippen LogP contribution in [0.15, 0.2) is 34.3 Å². The van der Waals surface area contributed by atoms with Gasteiger partial charge in [0, 0.05) is 16.3 Å². The van der Waals surface area contributed by atoms with Crippen molar-refractivity contribution in [2.75, 3.05) is 14.2 Å². The molecule has 0 aliphatic heterocycles. The van der Waals surface area contributed by atoms with Crippen molar-refractivity contribution in [1.29, 1.82) is 0 Å². The number of nitrogens with zero attached hydrogens (tertiary/aromatic N) is 4. The van der Waals surface area contributed by atoms with E-state index >= 15 is 0 Å². The molecule has 10 heteroatoms. The zero-order valence-corrected chi connectivity index (χ0v) is 19.8. The van der Waals surface area contributed by atoms with Gasteiger partial charge in [0.15, 0.2) is 11.5 Å². The molecule has 3 heterocycles. The molecule has 0 saturated carbocycles. The number of carbonyl (C=O) groups is 1. The van der Waals surface area contributed by atoms with E-state index in [4.69, 9.17) is 14.5 Å². The fourth-order valence-corrected chi connectivity index (χ4v) is 5.31. The van der Waals surface area contributed by atoms with E-state index in [1.54, 1.807) is 29.8 Å². The molecule has 166 valence electrons. The van der Waals surface area contributed by atoms with Crippen molar-refractivity contribution in [1.82, 2.24) is 19.5 Å². The van der Waals surface area contributed by atoms with E-state index in [1.807, 2.05) is 0 Å². The van der Waals surface area contributed by atoms with Crippen molar-refractivity contribution in [2.24, 2.45) is 0 Å². The number of aromatic nitrogens is 4. The molecule has 0 N–H and O–H groups in total. The quantitative estimate of drug-likeness (QED) is 0.283. The zero-order chi connectivity index (χ0) is 22.8. The average molecular weight is 471 g/mol. The Morgan fingerprint density at radius 2 is 1.88 bits per heavy atom. The molecule has 0 unspecified atom stereocenters. The lowest BCUT2D eigenvalue weighted by Crippen LogP contribution is -2.27. The van der Waals surface area contributed by atoms with Gasteiger partial charge in [-0.25, -0.2) is 15.0 Å². The standard InChI is InChI=1S/C22H22N4O4S2/c1-5-13-6-15-20(23-11-24-21(15)32-13)31-10-19-25-16-8-18(30-4)17(29-3)7-14(16)22(28)26(19)9-12(2)27/h6-8,11H,5,9-10H2,1-4H3. The van der Waals surface area contributed by atoms with Gasteiger partial charge in [0.05, 0.1) is 37.4 Å². The highest BCUT2D eigenvalue weighted by Crippen LogP contribution is 2.33. The first-order valence-electron chi connectivity index (χ1n) is 9.96. The Labute approximate surface area is 192 Å². The second kappa shape index (κ2) is 9.25. The van der Waals surface area contributed by atoms with Crippen LogP contribution in [0.2, 0.25) is 0 Å². The Balaban J connectivity index is 1.79. The van der Waals surface area contributed by atoms with Crippen molar-refractivity contribution in [2.45, 2.75) is 37.6 Å². The first-order chi connectivity index (χ1) is 15.4. The summed E-state index contributed by atoms with van der Waals surface area (Å²) in [6, 6.07) is 5.38. The highest BCUT2D eigenvalue weighted by atomic mass is 32.2. The predicted molar refractivity (Wildman–Crippen MR) is 126 cm³/mol. The highest BCUT2D eigenvalue weighted by Gasteiger charge is 2.17. The van der Waals surface area contributed by atoms with Gasteiger partial charge in [-0.05, 0) is 25.5 Å². The van der Waals surface area contributed by atoms with Gasteiger partial charge >= 0.3 is 0 Å². The second-order valence-electron chi connectivity index (χ2n) is 7.10. The second-order valence-corrected chi connectivity index (χ2v) is 9.18. The van der Waals surface area contributed by atoms with E-state index in [0.717, 1.165) is 21.7 Å². The Hall–Kier alpha value is -2.98. The Morgan fingerprint density at radius 3 is 2.56 bits per heavy atom. The van der Waals surface area contributed by atoms with Gasteiger partial charge in [0.25, 0.3) is 5.56 Å². The molecular formula is C22H22N4O4S2. The van der Waals surface area contributed by atoms with Crippen LogP contribution < -0.4 is 15.0 Å². The van der Waals surface area contributed by atoms with Gasteiger partial charge in [-0.3, -0.25) is 14.2 Å². The Bertz CT molecular complexity index is 1380. The van der Waals surface area contributed by atoms with Crippen LogP contribution in [0.25, 0.3) is 21.1 Å². The number of Topliss-reactive ketones (excluding diaryl/α,β-unsaturated/α-hetero) is 1. The first-order valence-corrected chi connectivity index (χ1v) is 11.8. The molecule has 0 aliphatic carbocycles. The number of rotatable bonds is 8. The van der Waals surface area contributed by atoms with Crippen LogP contribution in [-0.2, 0) is 23.5 Å². The maximum absolute atomic E-state index is 13.3. The summed E-state index contributed by atoms with van der Waals surface area (Å²) in [7, 11) is 3.04. The van der Waals surface area contributed by atoms with Crippen LogP contribution in [0.5, 0.6) is 11.5 Å². The van der Waals surface area contributed by atoms with E-state index < -0.39 is 0 Å². The SMILES string of the molecule is CCc1cc2c(SCc3nc4cc(OC)c(OC)cc4c(=O)n3CC(C)=O)ncnc2s1. The van der Waals surface area contributed by atoms with E-state index in [0.29, 0.717) is 34.0 Å². The number of hydrogen-bond donors (Lipinski definition) is 0. The molecule has 0 radical (unpaired) electrons. The van der Waals surface area contributed by atoms with Crippen LogP contribution >= 0.6 is 23.1 Å². The van der Waals surface area contributed by atoms with Crippen LogP contribution in [0, 0.1) is 0 Å². The van der Waals surface area contributed by atoms with Crippen molar-refractivity contribution in [3.05, 3.63) is 45.6 Å². The average Bonchev–Trinajstić information content (AvgIpc) is 3.23. The summed E-state index contributed by atoms with van der Waals surface area (Å²) in [6.07, 6.45) is 2.48. The van der Waals surface area contributed by atoms with Gasteiger partial charge < -0.3 is 9.47 Å². The fourth-order valence-electron chi connectivity index (χ4n) is 3.40. The molecule has 0 spiro atoms. The van der Waals surface area contributed by atoms with Crippen molar-refractivity contribution in [3.8, 4) is 11.5 Å². The summed E-state index contributed by atoms with van der Waals surface area (Å²) in [4.78, 5) is 40.8. The molecule has 4 aromatic rings. The molecular weight excluding hydrogens is 448 g/mol. The van der Waals surface area contributed by atoms with Crippen LogP contribution in [-0.4, -0.2) is 39.5 Å². The van der Waals surface area contributed by atoms with E-state index in [2.05, 4.69) is 23.0 Å².